The Balaban J connectivity index is 1.54. The molecule has 4 nitrogen and oxygen atoms in total. The normalized spacial score (nSPS) is 23.0. The van der Waals surface area contributed by atoms with E-state index < -0.39 is 0 Å². The van der Waals surface area contributed by atoms with Crippen LogP contribution in [0.2, 0.25) is 0 Å². The predicted octanol–water partition coefficient (Wildman–Crippen LogP) is 2.41. The fourth-order valence-electron chi connectivity index (χ4n) is 3.98. The van der Waals surface area contributed by atoms with Gasteiger partial charge < -0.3 is 10.6 Å². The Bertz CT molecular complexity index is 505. The largest absolute Gasteiger partial charge is 0.340 e. The van der Waals surface area contributed by atoms with Gasteiger partial charge in [-0.3, -0.25) is 9.69 Å². The van der Waals surface area contributed by atoms with Gasteiger partial charge in [-0.25, -0.2) is 0 Å². The van der Waals surface area contributed by atoms with E-state index in [1.165, 1.54) is 25.7 Å². The van der Waals surface area contributed by atoms with Crippen LogP contribution in [-0.4, -0.2) is 47.9 Å². The summed E-state index contributed by atoms with van der Waals surface area (Å²) in [7, 11) is 0. The lowest BCUT2D eigenvalue weighted by molar-refractivity contribution is -0.137. The number of nitrogens with zero attached hydrogens (tertiary/aromatic N) is 2. The monoisotopic (exact) mass is 315 g/mol. The second-order valence-electron chi connectivity index (χ2n) is 7.02. The van der Waals surface area contributed by atoms with E-state index in [0.717, 1.165) is 37.8 Å². The van der Waals surface area contributed by atoms with Crippen molar-refractivity contribution in [1.29, 1.82) is 0 Å². The molecule has 2 N–H and O–H groups in total. The highest BCUT2D eigenvalue weighted by Gasteiger charge is 2.31. The maximum atomic E-state index is 12.8. The number of hydrogen-bond donors (Lipinski definition) is 1. The number of benzene rings is 1. The van der Waals surface area contributed by atoms with Crippen LogP contribution >= 0.6 is 0 Å². The molecule has 2 atom stereocenters. The molecule has 4 heteroatoms. The highest BCUT2D eigenvalue weighted by Crippen LogP contribution is 2.26. The van der Waals surface area contributed by atoms with Gasteiger partial charge in [0.25, 0.3) is 0 Å². The quantitative estimate of drug-likeness (QED) is 0.928. The summed E-state index contributed by atoms with van der Waals surface area (Å²) in [5.74, 6) is 0.0304. The molecular weight excluding hydrogens is 286 g/mol. The number of nitrogens with two attached hydrogens (primary N) is 1. The maximum absolute atomic E-state index is 12.8. The van der Waals surface area contributed by atoms with Gasteiger partial charge in [0.2, 0.25) is 5.91 Å². The average molecular weight is 315 g/mol. The molecule has 1 saturated carbocycles. The number of hydrogen-bond acceptors (Lipinski definition) is 3. The Morgan fingerprint density at radius 3 is 2.30 bits per heavy atom. The van der Waals surface area contributed by atoms with Gasteiger partial charge in [0.15, 0.2) is 0 Å². The fraction of sp³-hybridized carbons (Fsp3) is 0.632. The average Bonchev–Trinajstić information content (AvgIpc) is 3.15. The van der Waals surface area contributed by atoms with Gasteiger partial charge in [-0.15, -0.1) is 0 Å². The van der Waals surface area contributed by atoms with E-state index in [1.54, 1.807) is 0 Å². The van der Waals surface area contributed by atoms with Crippen LogP contribution in [0.5, 0.6) is 0 Å². The summed E-state index contributed by atoms with van der Waals surface area (Å²) in [5.41, 5.74) is 7.35. The minimum absolute atomic E-state index is 0.171. The third-order valence-electron chi connectivity index (χ3n) is 5.58. The zero-order chi connectivity index (χ0) is 16.2. The third kappa shape index (κ3) is 3.75. The summed E-state index contributed by atoms with van der Waals surface area (Å²) in [6.45, 7) is 5.69. The molecule has 1 heterocycles. The van der Waals surface area contributed by atoms with Crippen LogP contribution in [-0.2, 0) is 4.79 Å². The zero-order valence-electron chi connectivity index (χ0n) is 14.2. The number of amides is 1. The van der Waals surface area contributed by atoms with Crippen LogP contribution in [0.1, 0.15) is 44.2 Å². The van der Waals surface area contributed by atoms with E-state index in [1.807, 2.05) is 42.2 Å². The van der Waals surface area contributed by atoms with Gasteiger partial charge in [-0.05, 0) is 18.4 Å². The number of rotatable bonds is 4. The van der Waals surface area contributed by atoms with Crippen molar-refractivity contribution >= 4 is 5.91 Å². The molecule has 1 saturated heterocycles. The standard InChI is InChI=1S/C19H29N3O/c1-15(18(20)16-7-3-2-4-8-16)19(23)22-13-11-21(12-14-22)17-9-5-6-10-17/h2-4,7-8,15,17-18H,5-6,9-14,20H2,1H3. The van der Waals surface area contributed by atoms with Crippen molar-refractivity contribution in [1.82, 2.24) is 9.80 Å². The molecule has 2 aliphatic rings. The van der Waals surface area contributed by atoms with Crippen LogP contribution in [0.25, 0.3) is 0 Å². The molecule has 1 aromatic rings. The second kappa shape index (κ2) is 7.45. The summed E-state index contributed by atoms with van der Waals surface area (Å²) < 4.78 is 0. The minimum Gasteiger partial charge on any atom is -0.340 e. The molecule has 2 fully saturated rings. The molecule has 3 rings (SSSR count). The van der Waals surface area contributed by atoms with Crippen molar-refractivity contribution in [3.8, 4) is 0 Å². The molecule has 1 amide bonds. The van der Waals surface area contributed by atoms with Crippen molar-refractivity contribution in [2.75, 3.05) is 26.2 Å². The molecular formula is C19H29N3O. The lowest BCUT2D eigenvalue weighted by Gasteiger charge is -2.39. The Morgan fingerprint density at radius 2 is 1.70 bits per heavy atom. The number of carbonyl (C=O) groups is 1. The highest BCUT2D eigenvalue weighted by molar-refractivity contribution is 5.79. The van der Waals surface area contributed by atoms with E-state index in [-0.39, 0.29) is 17.9 Å². The molecule has 23 heavy (non-hydrogen) atoms. The van der Waals surface area contributed by atoms with E-state index in [4.69, 9.17) is 5.73 Å². The lowest BCUT2D eigenvalue weighted by Crippen LogP contribution is -2.53. The molecule has 2 unspecified atom stereocenters. The van der Waals surface area contributed by atoms with Crippen molar-refractivity contribution in [2.45, 2.75) is 44.7 Å². The zero-order valence-corrected chi connectivity index (χ0v) is 14.2. The molecule has 126 valence electrons. The van der Waals surface area contributed by atoms with Gasteiger partial charge in [0, 0.05) is 38.3 Å². The number of carbonyl (C=O) groups excluding carboxylic acids is 1. The van der Waals surface area contributed by atoms with Gasteiger partial charge in [0.1, 0.15) is 0 Å². The molecule has 0 spiro atoms. The third-order valence-corrected chi connectivity index (χ3v) is 5.58. The lowest BCUT2D eigenvalue weighted by atomic mass is 9.94. The van der Waals surface area contributed by atoms with Gasteiger partial charge in [-0.2, -0.15) is 0 Å². The van der Waals surface area contributed by atoms with Crippen molar-refractivity contribution in [3.05, 3.63) is 35.9 Å². The second-order valence-corrected chi connectivity index (χ2v) is 7.02. The predicted molar refractivity (Wildman–Crippen MR) is 92.9 cm³/mol. The van der Waals surface area contributed by atoms with Crippen LogP contribution in [0.4, 0.5) is 0 Å². The first-order valence-corrected chi connectivity index (χ1v) is 9.00. The first-order valence-electron chi connectivity index (χ1n) is 9.00. The summed E-state index contributed by atoms with van der Waals surface area (Å²) >= 11 is 0. The maximum Gasteiger partial charge on any atom is 0.227 e. The summed E-state index contributed by atoms with van der Waals surface area (Å²) in [6, 6.07) is 10.5. The molecule has 0 aromatic heterocycles. The van der Waals surface area contributed by atoms with Crippen LogP contribution in [0.15, 0.2) is 30.3 Å². The SMILES string of the molecule is CC(C(=O)N1CCN(C2CCCC2)CC1)C(N)c1ccccc1. The minimum atomic E-state index is -0.225. The molecule has 1 aliphatic carbocycles. The number of piperazine rings is 1. The first kappa shape index (κ1) is 16.5. The van der Waals surface area contributed by atoms with Gasteiger partial charge in [-0.1, -0.05) is 50.1 Å². The summed E-state index contributed by atoms with van der Waals surface area (Å²) in [4.78, 5) is 17.4. The van der Waals surface area contributed by atoms with E-state index in [2.05, 4.69) is 4.90 Å². The molecule has 0 bridgehead atoms. The molecule has 0 radical (unpaired) electrons. The van der Waals surface area contributed by atoms with Crippen LogP contribution in [0, 0.1) is 5.92 Å². The Hall–Kier alpha value is -1.39. The van der Waals surface area contributed by atoms with Crippen molar-refractivity contribution < 1.29 is 4.79 Å². The Morgan fingerprint density at radius 1 is 1.09 bits per heavy atom. The fourth-order valence-corrected chi connectivity index (χ4v) is 3.98. The van der Waals surface area contributed by atoms with Crippen LogP contribution < -0.4 is 5.73 Å². The summed E-state index contributed by atoms with van der Waals surface area (Å²) in [6.07, 6.45) is 5.41. The van der Waals surface area contributed by atoms with Crippen molar-refractivity contribution in [2.24, 2.45) is 11.7 Å². The van der Waals surface area contributed by atoms with Crippen molar-refractivity contribution in [3.63, 3.8) is 0 Å². The Labute approximate surface area is 139 Å². The van der Waals surface area contributed by atoms with Crippen LogP contribution in [0.3, 0.4) is 0 Å². The Kier molecular flexibility index (Phi) is 5.34. The smallest absolute Gasteiger partial charge is 0.227 e. The molecule has 1 aromatic carbocycles. The topological polar surface area (TPSA) is 49.6 Å². The van der Waals surface area contributed by atoms with E-state index in [0.29, 0.717) is 0 Å². The van der Waals surface area contributed by atoms with Gasteiger partial charge in [0.05, 0.1) is 5.92 Å². The molecule has 1 aliphatic heterocycles. The summed E-state index contributed by atoms with van der Waals surface area (Å²) in [5, 5.41) is 0. The van der Waals surface area contributed by atoms with Gasteiger partial charge >= 0.3 is 0 Å². The van der Waals surface area contributed by atoms with E-state index >= 15 is 0 Å². The first-order chi connectivity index (χ1) is 11.2. The van der Waals surface area contributed by atoms with E-state index in [9.17, 15) is 4.79 Å². The highest BCUT2D eigenvalue weighted by atomic mass is 16.2.